The van der Waals surface area contributed by atoms with E-state index in [2.05, 4.69) is 179 Å². The van der Waals surface area contributed by atoms with Gasteiger partial charge in [0.05, 0.1) is 45.4 Å². The molecule has 0 bridgehead atoms. The van der Waals surface area contributed by atoms with Crippen molar-refractivity contribution >= 4 is 118 Å². The fourth-order valence-electron chi connectivity index (χ4n) is 16.4. The largest absolute Gasteiger partial charge is 0.311 e. The normalized spacial score (nSPS) is 14.7. The van der Waals surface area contributed by atoms with Gasteiger partial charge in [0.2, 0.25) is 0 Å². The second-order valence-electron chi connectivity index (χ2n) is 30.5. The van der Waals surface area contributed by atoms with Gasteiger partial charge in [-0.2, -0.15) is 0 Å². The number of hydrogen-bond donors (Lipinski definition) is 0. The molecule has 0 aliphatic carbocycles. The van der Waals surface area contributed by atoms with Gasteiger partial charge in [0.25, 0.3) is 6.71 Å². The monoisotopic (exact) mass is 1430 g/mol. The van der Waals surface area contributed by atoms with E-state index in [1.54, 1.807) is 45.9 Å². The number of anilines is 9. The standard InChI is InChI=1S/C104H80BN5/c1-103(2,3)79-57-77(58-80(65-79)104(4,5)6)78-63-100-102-101(64-78)110(87-61-75(71-35-17-9-18-36-71)56-76(62-87)72-37-19-10-20-38-72)99-68-85(108-96-48-30-27-45-90(96)91-66-83(51-54-97(91)108)106(81-39-21-11-22-40-81)82-41-23-12-24-42-82)50-53-93(99)105(102)92-52-49-84(107-94-46-28-25-43-88(94)89-44-26-29-47-95(89)107)67-98(92)109(100)86-59-73(69-31-13-7-14-32-69)55-74(60-86)70-33-15-8-16-34-70/h7-68H,1-6H3/i11D,21D,22D,25D,26D,27D,28D,29D,30D,39D,40D,43D,44D,45D,46D,47D,48D. The molecular weight excluding hydrogens is 1330 g/mol. The Morgan fingerprint density at radius 2 is 0.636 bits per heavy atom. The highest BCUT2D eigenvalue weighted by molar-refractivity contribution is 7.00. The van der Waals surface area contributed by atoms with E-state index < -0.39 is 97.3 Å². The van der Waals surface area contributed by atoms with Crippen LogP contribution in [0.1, 0.15) is 76.0 Å². The molecule has 2 aliphatic rings. The van der Waals surface area contributed by atoms with Crippen LogP contribution in [0.25, 0.3) is 111 Å². The molecule has 0 saturated heterocycles. The van der Waals surface area contributed by atoms with E-state index in [1.807, 2.05) is 114 Å². The Labute approximate surface area is 668 Å². The van der Waals surface area contributed by atoms with Crippen LogP contribution in [0, 0.1) is 0 Å². The predicted molar refractivity (Wildman–Crippen MR) is 468 cm³/mol. The Hall–Kier alpha value is -13.4. The Bertz CT molecular complexity index is 7450. The van der Waals surface area contributed by atoms with Crippen LogP contribution in [0.5, 0.6) is 0 Å². The number of hydrogen-bond acceptors (Lipinski definition) is 3. The third-order valence-corrected chi connectivity index (χ3v) is 21.7. The molecule has 16 aromatic carbocycles. The van der Waals surface area contributed by atoms with Gasteiger partial charge in [0, 0.05) is 84.1 Å². The lowest BCUT2D eigenvalue weighted by atomic mass is 9.33. The van der Waals surface area contributed by atoms with Crippen LogP contribution in [0.15, 0.2) is 376 Å². The van der Waals surface area contributed by atoms with Crippen LogP contribution in [-0.2, 0) is 10.8 Å². The molecule has 524 valence electrons. The van der Waals surface area contributed by atoms with E-state index in [-0.39, 0.29) is 61.3 Å². The fourth-order valence-corrected chi connectivity index (χ4v) is 16.4. The first kappa shape index (κ1) is 50.2. The third kappa shape index (κ3) is 11.3. The third-order valence-electron chi connectivity index (χ3n) is 21.7. The van der Waals surface area contributed by atoms with Gasteiger partial charge >= 0.3 is 0 Å². The van der Waals surface area contributed by atoms with Crippen molar-refractivity contribution in [3.63, 3.8) is 0 Å². The number of nitrogens with zero attached hydrogens (tertiary/aromatic N) is 5. The molecule has 0 radical (unpaired) electrons. The first-order valence-electron chi connectivity index (χ1n) is 45.6. The maximum atomic E-state index is 10.2. The molecule has 5 nitrogen and oxygen atoms in total. The van der Waals surface area contributed by atoms with Gasteiger partial charge in [0.15, 0.2) is 0 Å². The first-order valence-corrected chi connectivity index (χ1v) is 37.1. The zero-order valence-electron chi connectivity index (χ0n) is 78.3. The fraction of sp³-hybridized carbons (Fsp3) is 0.0769. The molecule has 0 fully saturated rings. The Morgan fingerprint density at radius 3 is 1.06 bits per heavy atom. The average molecular weight is 1430 g/mol. The van der Waals surface area contributed by atoms with E-state index in [4.69, 9.17) is 6.85 Å². The summed E-state index contributed by atoms with van der Waals surface area (Å²) in [6.45, 7) is 12.6. The van der Waals surface area contributed by atoms with Gasteiger partial charge in [-0.3, -0.25) is 0 Å². The van der Waals surface area contributed by atoms with Crippen molar-refractivity contribution in [2.24, 2.45) is 0 Å². The number of rotatable bonds is 12. The van der Waals surface area contributed by atoms with Crippen molar-refractivity contribution in [2.45, 2.75) is 52.4 Å². The molecule has 0 atom stereocenters. The molecule has 6 heteroatoms. The summed E-state index contributed by atoms with van der Waals surface area (Å²) in [5.74, 6) is 0. The second kappa shape index (κ2) is 26.2. The van der Waals surface area contributed by atoms with Crippen molar-refractivity contribution in [1.29, 1.82) is 0 Å². The Morgan fingerprint density at radius 1 is 0.264 bits per heavy atom. The van der Waals surface area contributed by atoms with Crippen LogP contribution >= 0.6 is 0 Å². The highest BCUT2D eigenvalue weighted by Gasteiger charge is 2.45. The van der Waals surface area contributed by atoms with E-state index in [0.29, 0.717) is 45.0 Å². The summed E-state index contributed by atoms with van der Waals surface area (Å²) in [4.78, 5) is 6.21. The zero-order chi connectivity index (χ0) is 88.7. The molecule has 18 aromatic rings. The van der Waals surface area contributed by atoms with Crippen LogP contribution in [0.3, 0.4) is 0 Å². The summed E-state index contributed by atoms with van der Waals surface area (Å²) in [5, 5.41) is 0.404. The lowest BCUT2D eigenvalue weighted by Gasteiger charge is -2.45. The summed E-state index contributed by atoms with van der Waals surface area (Å²) in [7, 11) is 0. The highest BCUT2D eigenvalue weighted by atomic mass is 15.2. The molecule has 4 heterocycles. The Kier molecular flexibility index (Phi) is 12.0. The molecule has 0 spiro atoms. The van der Waals surface area contributed by atoms with Gasteiger partial charge in [-0.25, -0.2) is 0 Å². The zero-order valence-corrected chi connectivity index (χ0v) is 61.3. The van der Waals surface area contributed by atoms with Crippen molar-refractivity contribution in [3.8, 4) is 67.0 Å². The average Bonchev–Trinajstić information content (AvgIpc) is 1.59. The maximum Gasteiger partial charge on any atom is 0.252 e. The number of fused-ring (bicyclic) bond motifs is 10. The minimum absolute atomic E-state index is 0.0430. The Balaban J connectivity index is 0.955. The quantitative estimate of drug-likeness (QED) is 0.114. The smallest absolute Gasteiger partial charge is 0.252 e. The van der Waals surface area contributed by atoms with Crippen molar-refractivity contribution < 1.29 is 23.3 Å². The molecular formula is C104H80BN5. The predicted octanol–water partition coefficient (Wildman–Crippen LogP) is 26.4. The SMILES string of the molecule is [2H]c1c([2H])c([2H])c(N(c2ccccc2)c2ccc3c(c2)c2c([2H])c([2H])c([2H])c([2H])c2n3-c2ccc3c(c2)N(c2cc(-c4ccccc4)cc(-c4ccccc4)c2)c2cc(-c4cc(C(C)(C)C)cc(C(C)(C)C)c4)cc4c2B3c2ccc(-n3c5c([2H])c([2H])c([2H])c([2H])c5c5c([2H])c([2H])c([2H])c([2H])c53)cc2N4c2cc(-c3ccccc3)cc(-c3ccccc3)c2)c([2H])c1[2H]. The van der Waals surface area contributed by atoms with E-state index in [1.165, 1.54) is 0 Å². The highest BCUT2D eigenvalue weighted by Crippen LogP contribution is 2.51. The summed E-state index contributed by atoms with van der Waals surface area (Å²) in [6.07, 6.45) is 0. The molecule has 110 heavy (non-hydrogen) atoms. The summed E-state index contributed by atoms with van der Waals surface area (Å²) >= 11 is 0. The number of para-hydroxylation sites is 5. The molecule has 0 saturated carbocycles. The summed E-state index contributed by atoms with van der Waals surface area (Å²) in [6, 6.07) is 83.6. The van der Waals surface area contributed by atoms with Gasteiger partial charge in [-0.1, -0.05) is 284 Å². The van der Waals surface area contributed by atoms with E-state index >= 15 is 0 Å². The van der Waals surface area contributed by atoms with Crippen molar-refractivity contribution in [1.82, 2.24) is 9.13 Å². The topological polar surface area (TPSA) is 19.6 Å². The van der Waals surface area contributed by atoms with Crippen LogP contribution < -0.4 is 31.1 Å². The van der Waals surface area contributed by atoms with Gasteiger partial charge in [-0.15, -0.1) is 0 Å². The minimum Gasteiger partial charge on any atom is -0.311 e. The number of benzene rings is 16. The van der Waals surface area contributed by atoms with Gasteiger partial charge in [-0.05, 0) is 227 Å². The minimum atomic E-state index is -0.723. The molecule has 0 amide bonds. The molecule has 2 aromatic heterocycles. The summed E-state index contributed by atoms with van der Waals surface area (Å²) in [5.41, 5.74) is 19.3. The number of aromatic nitrogens is 2. The second-order valence-corrected chi connectivity index (χ2v) is 30.5. The molecule has 2 aliphatic heterocycles. The summed E-state index contributed by atoms with van der Waals surface area (Å²) < 4.78 is 164. The van der Waals surface area contributed by atoms with Crippen molar-refractivity contribution in [2.75, 3.05) is 14.7 Å². The molecule has 0 unspecified atom stereocenters. The van der Waals surface area contributed by atoms with Crippen LogP contribution in [-0.4, -0.2) is 15.8 Å². The van der Waals surface area contributed by atoms with Crippen molar-refractivity contribution in [3.05, 3.63) is 387 Å². The molecule has 0 N–H and O–H groups in total. The first-order chi connectivity index (χ1) is 60.9. The van der Waals surface area contributed by atoms with Gasteiger partial charge in [0.1, 0.15) is 0 Å². The van der Waals surface area contributed by atoms with Crippen LogP contribution in [0.2, 0.25) is 0 Å². The molecule has 20 rings (SSSR count). The maximum absolute atomic E-state index is 10.2. The lowest BCUT2D eigenvalue weighted by molar-refractivity contribution is 0.569. The van der Waals surface area contributed by atoms with Gasteiger partial charge < -0.3 is 23.8 Å². The lowest BCUT2D eigenvalue weighted by Crippen LogP contribution is -2.61. The van der Waals surface area contributed by atoms with Crippen LogP contribution in [0.4, 0.5) is 51.2 Å². The van der Waals surface area contributed by atoms with E-state index in [9.17, 15) is 16.4 Å². The van der Waals surface area contributed by atoms with E-state index in [0.717, 1.165) is 106 Å².